The van der Waals surface area contributed by atoms with Gasteiger partial charge in [0.05, 0.1) is 18.5 Å². The van der Waals surface area contributed by atoms with E-state index in [0.717, 1.165) is 68.2 Å². The van der Waals surface area contributed by atoms with Crippen LogP contribution in [0.1, 0.15) is 22.3 Å². The molecule has 0 spiro atoms. The van der Waals surface area contributed by atoms with E-state index in [2.05, 4.69) is 4.98 Å². The van der Waals surface area contributed by atoms with Crippen molar-refractivity contribution in [2.45, 2.75) is 13.8 Å². The topological polar surface area (TPSA) is 113 Å². The zero-order valence-electron chi connectivity index (χ0n) is 20.6. The number of imidazole rings is 1. The summed E-state index contributed by atoms with van der Waals surface area (Å²) in [7, 11) is 1.65. The van der Waals surface area contributed by atoms with Crippen molar-refractivity contribution < 1.29 is 24.5 Å². The molecule has 0 bridgehead atoms. The molecule has 37 heavy (non-hydrogen) atoms. The first-order valence-electron chi connectivity index (χ1n) is 11.5. The summed E-state index contributed by atoms with van der Waals surface area (Å²) in [5, 5.41) is 17.8. The minimum atomic E-state index is -1.00. The number of nitrogens with zero attached hydrogens (tertiary/aromatic N) is 1. The fourth-order valence-electron chi connectivity index (χ4n) is 4.04. The summed E-state index contributed by atoms with van der Waals surface area (Å²) >= 11 is 0. The summed E-state index contributed by atoms with van der Waals surface area (Å²) in [4.78, 5) is 30.2. The molecule has 4 aromatic rings. The van der Waals surface area contributed by atoms with E-state index in [0.29, 0.717) is 5.82 Å². The number of carboxylic acid groups (broad SMARTS) is 2. The number of hydrogen-bond donors (Lipinski definition) is 3. The smallest absolute Gasteiger partial charge is 0.328 e. The molecule has 0 aliphatic carbocycles. The number of aromatic amines is 1. The van der Waals surface area contributed by atoms with Gasteiger partial charge in [-0.15, -0.1) is 0 Å². The number of aliphatic carboxylic acids is 2. The molecule has 186 valence electrons. The van der Waals surface area contributed by atoms with Gasteiger partial charge in [-0.05, 0) is 60.4 Å². The maximum Gasteiger partial charge on any atom is 0.328 e. The maximum absolute atomic E-state index is 10.8. The SMILES string of the molecule is COc1ccc(-c2nc(-c3ccc(/C=C/C(=O)O)cc3)c(-c3ccc(/C=C/C(=O)O)cc3)[nH]2)c(C)c1C. The number of rotatable bonds is 8. The monoisotopic (exact) mass is 494 g/mol. The molecule has 0 amide bonds. The highest BCUT2D eigenvalue weighted by molar-refractivity contribution is 5.87. The molecule has 4 rings (SSSR count). The predicted octanol–water partition coefficient (Wildman–Crippen LogP) is 6.23. The van der Waals surface area contributed by atoms with Gasteiger partial charge in [-0.3, -0.25) is 0 Å². The zero-order chi connectivity index (χ0) is 26.5. The van der Waals surface area contributed by atoms with Gasteiger partial charge in [0.25, 0.3) is 0 Å². The van der Waals surface area contributed by atoms with E-state index < -0.39 is 11.9 Å². The van der Waals surface area contributed by atoms with Crippen LogP contribution in [-0.4, -0.2) is 39.2 Å². The van der Waals surface area contributed by atoms with Gasteiger partial charge in [-0.1, -0.05) is 48.5 Å². The molecule has 3 N–H and O–H groups in total. The van der Waals surface area contributed by atoms with Crippen LogP contribution in [-0.2, 0) is 9.59 Å². The molecule has 0 atom stereocenters. The highest BCUT2D eigenvalue weighted by Gasteiger charge is 2.18. The molecule has 1 aromatic heterocycles. The first kappa shape index (κ1) is 25.2. The van der Waals surface area contributed by atoms with Crippen LogP contribution >= 0.6 is 0 Å². The molecule has 7 heteroatoms. The number of methoxy groups -OCH3 is 1. The highest BCUT2D eigenvalue weighted by atomic mass is 16.5. The summed E-state index contributed by atoms with van der Waals surface area (Å²) < 4.78 is 5.46. The molecule has 0 saturated carbocycles. The van der Waals surface area contributed by atoms with E-state index in [1.165, 1.54) is 12.2 Å². The lowest BCUT2D eigenvalue weighted by Crippen LogP contribution is -1.94. The number of benzene rings is 3. The lowest BCUT2D eigenvalue weighted by Gasteiger charge is -2.11. The minimum Gasteiger partial charge on any atom is -0.496 e. The van der Waals surface area contributed by atoms with Crippen molar-refractivity contribution in [3.8, 4) is 39.7 Å². The summed E-state index contributed by atoms with van der Waals surface area (Å²) in [6, 6.07) is 18.9. The van der Waals surface area contributed by atoms with Crippen molar-refractivity contribution in [2.75, 3.05) is 7.11 Å². The molecule has 0 fully saturated rings. The van der Waals surface area contributed by atoms with Crippen LogP contribution in [0.2, 0.25) is 0 Å². The number of aromatic nitrogens is 2. The predicted molar refractivity (Wildman–Crippen MR) is 144 cm³/mol. The van der Waals surface area contributed by atoms with Gasteiger partial charge in [-0.25, -0.2) is 14.6 Å². The maximum atomic E-state index is 10.8. The fourth-order valence-corrected chi connectivity index (χ4v) is 4.04. The molecule has 0 aliphatic heterocycles. The molecular formula is C30H26N2O5. The first-order valence-corrected chi connectivity index (χ1v) is 11.5. The van der Waals surface area contributed by atoms with Crippen molar-refractivity contribution in [1.29, 1.82) is 0 Å². The Morgan fingerprint density at radius 2 is 1.32 bits per heavy atom. The second kappa shape index (κ2) is 10.8. The average Bonchev–Trinajstić information content (AvgIpc) is 3.33. The molecule has 3 aromatic carbocycles. The molecule has 1 heterocycles. The van der Waals surface area contributed by atoms with Crippen molar-refractivity contribution in [3.05, 3.63) is 95.1 Å². The third kappa shape index (κ3) is 5.67. The van der Waals surface area contributed by atoms with E-state index in [9.17, 15) is 9.59 Å². The Labute approximate surface area is 214 Å². The molecule has 0 radical (unpaired) electrons. The van der Waals surface area contributed by atoms with Gasteiger partial charge in [-0.2, -0.15) is 0 Å². The van der Waals surface area contributed by atoms with Crippen LogP contribution in [0.3, 0.4) is 0 Å². The van der Waals surface area contributed by atoms with E-state index in [1.807, 2.05) is 74.5 Å². The largest absolute Gasteiger partial charge is 0.496 e. The fraction of sp³-hybridized carbons (Fsp3) is 0.100. The average molecular weight is 495 g/mol. The van der Waals surface area contributed by atoms with Gasteiger partial charge in [0.1, 0.15) is 11.6 Å². The standard InChI is InChI=1S/C30H26N2O5/c1-18-19(2)25(37-3)15-14-24(18)30-31-28(22-10-4-20(5-11-22)8-16-26(33)34)29(32-30)23-12-6-21(7-13-23)9-17-27(35)36/h4-17H,1-3H3,(H,31,32)(H,33,34)(H,35,36)/b16-8+,17-9+. The second-order valence-electron chi connectivity index (χ2n) is 8.46. The number of hydrogen-bond acceptors (Lipinski definition) is 4. The molecule has 0 unspecified atom stereocenters. The first-order chi connectivity index (χ1) is 17.8. The Bertz CT molecular complexity index is 1430. The Hall–Kier alpha value is -4.91. The second-order valence-corrected chi connectivity index (χ2v) is 8.46. The molecule has 7 nitrogen and oxygen atoms in total. The summed E-state index contributed by atoms with van der Waals surface area (Å²) in [5.74, 6) is -0.493. The van der Waals surface area contributed by atoms with Crippen molar-refractivity contribution in [3.63, 3.8) is 0 Å². The van der Waals surface area contributed by atoms with E-state index in [-0.39, 0.29) is 0 Å². The van der Waals surface area contributed by atoms with Crippen LogP contribution < -0.4 is 4.74 Å². The van der Waals surface area contributed by atoms with E-state index >= 15 is 0 Å². The quantitative estimate of drug-likeness (QED) is 0.250. The molecule has 0 aliphatic rings. The van der Waals surface area contributed by atoms with Gasteiger partial charge in [0.2, 0.25) is 0 Å². The Balaban J connectivity index is 1.82. The number of H-pyrrole nitrogens is 1. The van der Waals surface area contributed by atoms with Crippen molar-refractivity contribution in [2.24, 2.45) is 0 Å². The summed E-state index contributed by atoms with van der Waals surface area (Å²) in [6.07, 6.45) is 5.28. The number of carboxylic acids is 2. The van der Waals surface area contributed by atoms with Crippen molar-refractivity contribution >= 4 is 24.1 Å². The van der Waals surface area contributed by atoms with Crippen LogP contribution in [0.5, 0.6) is 5.75 Å². The third-order valence-electron chi connectivity index (χ3n) is 6.14. The Morgan fingerprint density at radius 1 is 0.784 bits per heavy atom. The minimum absolute atomic E-state index is 0.706. The summed E-state index contributed by atoms with van der Waals surface area (Å²) in [6.45, 7) is 4.04. The lowest BCUT2D eigenvalue weighted by molar-refractivity contribution is -0.132. The van der Waals surface area contributed by atoms with Crippen LogP contribution in [0.15, 0.2) is 72.8 Å². The van der Waals surface area contributed by atoms with E-state index in [1.54, 1.807) is 7.11 Å². The van der Waals surface area contributed by atoms with E-state index in [4.69, 9.17) is 19.9 Å². The number of nitrogens with one attached hydrogen (secondary N) is 1. The van der Waals surface area contributed by atoms with Crippen LogP contribution in [0.4, 0.5) is 0 Å². The third-order valence-corrected chi connectivity index (χ3v) is 6.14. The van der Waals surface area contributed by atoms with Gasteiger partial charge < -0.3 is 19.9 Å². The normalized spacial score (nSPS) is 11.3. The van der Waals surface area contributed by atoms with Crippen LogP contribution in [0.25, 0.3) is 46.1 Å². The number of ether oxygens (including phenoxy) is 1. The van der Waals surface area contributed by atoms with Crippen molar-refractivity contribution in [1.82, 2.24) is 9.97 Å². The van der Waals surface area contributed by atoms with Gasteiger partial charge in [0.15, 0.2) is 0 Å². The van der Waals surface area contributed by atoms with Gasteiger partial charge >= 0.3 is 11.9 Å². The summed E-state index contributed by atoms with van der Waals surface area (Å²) in [5.41, 5.74) is 7.87. The Morgan fingerprint density at radius 3 is 1.84 bits per heavy atom. The van der Waals surface area contributed by atoms with Gasteiger partial charge in [0, 0.05) is 28.8 Å². The lowest BCUT2D eigenvalue weighted by atomic mass is 10.0. The molecular weight excluding hydrogens is 468 g/mol. The highest BCUT2D eigenvalue weighted by Crippen LogP contribution is 2.36. The van der Waals surface area contributed by atoms with Crippen LogP contribution in [0, 0.1) is 13.8 Å². The Kier molecular flexibility index (Phi) is 7.34. The zero-order valence-corrected chi connectivity index (χ0v) is 20.6. The molecule has 0 saturated heterocycles. The number of carbonyl (C=O) groups is 2.